The molecule has 2 aliphatic heterocycles. The SMILES string of the molecule is Cc1ccc2c(c1)C(=O)C(=O)N2C(=O)CNc1ccc(S(=O)(=O)NCC2CCCO2)cc1. The van der Waals surface area contributed by atoms with Crippen LogP contribution in [-0.4, -0.2) is 51.8 Å². The molecule has 2 amide bonds. The van der Waals surface area contributed by atoms with Gasteiger partial charge in [0.05, 0.1) is 28.8 Å². The van der Waals surface area contributed by atoms with E-state index in [-0.39, 0.29) is 35.3 Å². The second-order valence-electron chi connectivity index (χ2n) is 7.75. The van der Waals surface area contributed by atoms with E-state index in [0.29, 0.717) is 12.3 Å². The number of amides is 2. The number of aryl methyl sites for hydroxylation is 1. The highest BCUT2D eigenvalue weighted by molar-refractivity contribution is 7.89. The van der Waals surface area contributed by atoms with Gasteiger partial charge in [0, 0.05) is 18.8 Å². The van der Waals surface area contributed by atoms with Crippen molar-refractivity contribution in [1.29, 1.82) is 0 Å². The Morgan fingerprint density at radius 2 is 1.91 bits per heavy atom. The van der Waals surface area contributed by atoms with Gasteiger partial charge in [-0.15, -0.1) is 0 Å². The summed E-state index contributed by atoms with van der Waals surface area (Å²) in [5.74, 6) is -2.17. The van der Waals surface area contributed by atoms with Crippen LogP contribution < -0.4 is 14.9 Å². The molecule has 0 radical (unpaired) electrons. The number of imide groups is 1. The van der Waals surface area contributed by atoms with E-state index < -0.39 is 27.6 Å². The van der Waals surface area contributed by atoms with Gasteiger partial charge in [0.15, 0.2) is 0 Å². The van der Waals surface area contributed by atoms with E-state index >= 15 is 0 Å². The van der Waals surface area contributed by atoms with Crippen molar-refractivity contribution in [2.45, 2.75) is 30.8 Å². The number of nitrogens with zero attached hydrogens (tertiary/aromatic N) is 1. The molecular formula is C22H23N3O6S. The van der Waals surface area contributed by atoms with Crippen LogP contribution in [0.1, 0.15) is 28.8 Å². The van der Waals surface area contributed by atoms with Crippen molar-refractivity contribution in [3.63, 3.8) is 0 Å². The maximum Gasteiger partial charge on any atom is 0.306 e. The number of Topliss-reactive ketones (excluding diaryl/α,β-unsaturated/α-hetero) is 1. The molecule has 2 aliphatic rings. The van der Waals surface area contributed by atoms with Crippen molar-refractivity contribution >= 4 is 39.0 Å². The van der Waals surface area contributed by atoms with Crippen molar-refractivity contribution in [2.24, 2.45) is 0 Å². The fourth-order valence-corrected chi connectivity index (χ4v) is 4.77. The zero-order chi connectivity index (χ0) is 22.9. The lowest BCUT2D eigenvalue weighted by Gasteiger charge is -2.16. The quantitative estimate of drug-likeness (QED) is 0.606. The standard InChI is InChI=1S/C22H23N3O6S/c1-14-4-9-19-18(11-14)21(27)22(28)25(19)20(26)13-23-15-5-7-17(8-6-15)32(29,30)24-12-16-3-2-10-31-16/h4-9,11,16,23-24H,2-3,10,12-13H2,1H3. The summed E-state index contributed by atoms with van der Waals surface area (Å²) in [5, 5.41) is 2.86. The number of benzene rings is 2. The monoisotopic (exact) mass is 457 g/mol. The molecule has 168 valence electrons. The normalized spacial score (nSPS) is 18.2. The number of fused-ring (bicyclic) bond motifs is 1. The lowest BCUT2D eigenvalue weighted by atomic mass is 10.1. The molecule has 0 aromatic heterocycles. The Hall–Kier alpha value is -3.08. The van der Waals surface area contributed by atoms with Gasteiger partial charge in [-0.25, -0.2) is 18.0 Å². The first-order valence-electron chi connectivity index (χ1n) is 10.2. The number of sulfonamides is 1. The summed E-state index contributed by atoms with van der Waals surface area (Å²) in [4.78, 5) is 38.1. The van der Waals surface area contributed by atoms with E-state index in [1.54, 1.807) is 25.1 Å². The number of hydrogen-bond acceptors (Lipinski definition) is 7. The molecule has 2 aromatic rings. The summed E-state index contributed by atoms with van der Waals surface area (Å²) < 4.78 is 32.8. The Balaban J connectivity index is 1.38. The van der Waals surface area contributed by atoms with Gasteiger partial charge in [-0.2, -0.15) is 0 Å². The highest BCUT2D eigenvalue weighted by Crippen LogP contribution is 2.30. The largest absolute Gasteiger partial charge is 0.377 e. The minimum atomic E-state index is -3.67. The molecule has 1 fully saturated rings. The van der Waals surface area contributed by atoms with Crippen LogP contribution in [0.5, 0.6) is 0 Å². The number of carbonyl (C=O) groups excluding carboxylic acids is 3. The van der Waals surface area contributed by atoms with E-state index in [4.69, 9.17) is 4.74 Å². The summed E-state index contributed by atoms with van der Waals surface area (Å²) in [6.45, 7) is 2.43. The smallest absolute Gasteiger partial charge is 0.306 e. The zero-order valence-electron chi connectivity index (χ0n) is 17.5. The number of ketones is 1. The van der Waals surface area contributed by atoms with Crippen LogP contribution in [0.3, 0.4) is 0 Å². The zero-order valence-corrected chi connectivity index (χ0v) is 18.3. The summed E-state index contributed by atoms with van der Waals surface area (Å²) in [7, 11) is -3.67. The van der Waals surface area contributed by atoms with E-state index in [1.807, 2.05) is 0 Å². The van der Waals surface area contributed by atoms with Crippen molar-refractivity contribution in [1.82, 2.24) is 4.72 Å². The number of ether oxygens (including phenoxy) is 1. The number of hydrogen-bond donors (Lipinski definition) is 2. The fraction of sp³-hybridized carbons (Fsp3) is 0.318. The first kappa shape index (κ1) is 22.1. The molecule has 2 heterocycles. The molecule has 0 bridgehead atoms. The van der Waals surface area contributed by atoms with E-state index in [2.05, 4.69) is 10.0 Å². The second kappa shape index (κ2) is 8.81. The highest BCUT2D eigenvalue weighted by Gasteiger charge is 2.39. The topological polar surface area (TPSA) is 122 Å². The maximum atomic E-state index is 12.6. The summed E-state index contributed by atoms with van der Waals surface area (Å²) in [6, 6.07) is 10.8. The molecule has 1 saturated heterocycles. The molecule has 0 spiro atoms. The number of nitrogens with one attached hydrogen (secondary N) is 2. The predicted octanol–water partition coefficient (Wildman–Crippen LogP) is 1.62. The molecule has 1 unspecified atom stereocenters. The maximum absolute atomic E-state index is 12.6. The minimum Gasteiger partial charge on any atom is -0.377 e. The predicted molar refractivity (Wildman–Crippen MR) is 117 cm³/mol. The molecule has 9 nitrogen and oxygen atoms in total. The van der Waals surface area contributed by atoms with Crippen LogP contribution in [-0.2, 0) is 24.3 Å². The van der Waals surface area contributed by atoms with E-state index in [1.165, 1.54) is 24.3 Å². The first-order chi connectivity index (χ1) is 15.3. The van der Waals surface area contributed by atoms with Crippen molar-refractivity contribution < 1.29 is 27.5 Å². The third kappa shape index (κ3) is 4.43. The van der Waals surface area contributed by atoms with Gasteiger partial charge in [-0.3, -0.25) is 14.4 Å². The lowest BCUT2D eigenvalue weighted by molar-refractivity contribution is -0.123. The van der Waals surface area contributed by atoms with Crippen molar-refractivity contribution in [2.75, 3.05) is 29.9 Å². The first-order valence-corrected chi connectivity index (χ1v) is 11.7. The third-order valence-electron chi connectivity index (χ3n) is 5.42. The molecule has 0 aliphatic carbocycles. The van der Waals surface area contributed by atoms with Gasteiger partial charge in [0.25, 0.3) is 11.7 Å². The highest BCUT2D eigenvalue weighted by atomic mass is 32.2. The fourth-order valence-electron chi connectivity index (χ4n) is 3.70. The number of anilines is 2. The average Bonchev–Trinajstić information content (AvgIpc) is 3.38. The van der Waals surface area contributed by atoms with Gasteiger partial charge in [0.2, 0.25) is 10.0 Å². The van der Waals surface area contributed by atoms with Crippen LogP contribution in [0.15, 0.2) is 47.4 Å². The van der Waals surface area contributed by atoms with Gasteiger partial charge < -0.3 is 10.1 Å². The molecular weight excluding hydrogens is 434 g/mol. The summed E-state index contributed by atoms with van der Waals surface area (Å²) >= 11 is 0. The van der Waals surface area contributed by atoms with E-state index in [0.717, 1.165) is 23.3 Å². The third-order valence-corrected chi connectivity index (χ3v) is 6.86. The van der Waals surface area contributed by atoms with E-state index in [9.17, 15) is 22.8 Å². The summed E-state index contributed by atoms with van der Waals surface area (Å²) in [5.41, 5.74) is 1.81. The van der Waals surface area contributed by atoms with Crippen molar-refractivity contribution in [3.8, 4) is 0 Å². The van der Waals surface area contributed by atoms with Crippen LogP contribution >= 0.6 is 0 Å². The average molecular weight is 458 g/mol. The number of rotatable bonds is 7. The number of carbonyl (C=O) groups is 3. The molecule has 32 heavy (non-hydrogen) atoms. The molecule has 0 saturated carbocycles. The lowest BCUT2D eigenvalue weighted by Crippen LogP contribution is -2.39. The van der Waals surface area contributed by atoms with Gasteiger partial charge in [0.1, 0.15) is 0 Å². The van der Waals surface area contributed by atoms with Gasteiger partial charge >= 0.3 is 5.91 Å². The molecule has 2 aromatic carbocycles. The molecule has 10 heteroatoms. The molecule has 2 N–H and O–H groups in total. The van der Waals surface area contributed by atoms with Gasteiger partial charge in [-0.1, -0.05) is 11.6 Å². The van der Waals surface area contributed by atoms with Crippen LogP contribution in [0.25, 0.3) is 0 Å². The summed E-state index contributed by atoms with van der Waals surface area (Å²) in [6.07, 6.45) is 1.65. The second-order valence-corrected chi connectivity index (χ2v) is 9.52. The Labute approximate surface area is 185 Å². The minimum absolute atomic E-state index is 0.0944. The Morgan fingerprint density at radius 1 is 1.16 bits per heavy atom. The Kier molecular flexibility index (Phi) is 6.09. The van der Waals surface area contributed by atoms with Crippen molar-refractivity contribution in [3.05, 3.63) is 53.6 Å². The van der Waals surface area contributed by atoms with Crippen LogP contribution in [0, 0.1) is 6.92 Å². The van der Waals surface area contributed by atoms with Gasteiger partial charge in [-0.05, 0) is 56.2 Å². The Morgan fingerprint density at radius 3 is 2.59 bits per heavy atom. The van der Waals surface area contributed by atoms with Crippen LogP contribution in [0.2, 0.25) is 0 Å². The Bertz CT molecular complexity index is 1170. The molecule has 4 rings (SSSR count). The molecule has 1 atom stereocenters. The van der Waals surface area contributed by atoms with Crippen LogP contribution in [0.4, 0.5) is 11.4 Å².